The third-order valence-corrected chi connectivity index (χ3v) is 4.12. The highest BCUT2D eigenvalue weighted by Crippen LogP contribution is 2.18. The Morgan fingerprint density at radius 3 is 2.75 bits per heavy atom. The number of carbonyl (C=O) groups excluding carboxylic acids is 1. The van der Waals surface area contributed by atoms with Crippen molar-refractivity contribution < 1.29 is 9.18 Å². The largest absolute Gasteiger partial charge is 0.351 e. The third kappa shape index (κ3) is 4.01. The van der Waals surface area contributed by atoms with E-state index in [1.807, 2.05) is 0 Å². The Hall–Kier alpha value is -0.980. The van der Waals surface area contributed by atoms with Gasteiger partial charge in [0.25, 0.3) is 5.91 Å². The van der Waals surface area contributed by atoms with Crippen molar-refractivity contribution >= 4 is 21.8 Å². The summed E-state index contributed by atoms with van der Waals surface area (Å²) in [6, 6.07) is 4.73. The van der Waals surface area contributed by atoms with Crippen molar-refractivity contribution in [2.24, 2.45) is 0 Å². The smallest absolute Gasteiger partial charge is 0.254 e. The van der Waals surface area contributed by atoms with Crippen LogP contribution in [0.15, 0.2) is 22.7 Å². The van der Waals surface area contributed by atoms with Crippen LogP contribution in [0.1, 0.15) is 10.4 Å². The molecule has 1 N–H and O–H groups in total. The topological polar surface area (TPSA) is 35.6 Å². The van der Waals surface area contributed by atoms with Gasteiger partial charge in [0.05, 0.1) is 10.0 Å². The number of likely N-dealkylation sites (N-methyl/N-ethyl adjacent to an activating group) is 1. The van der Waals surface area contributed by atoms with Crippen molar-refractivity contribution in [3.63, 3.8) is 0 Å². The van der Waals surface area contributed by atoms with Crippen LogP contribution in [0, 0.1) is 5.82 Å². The first-order chi connectivity index (χ1) is 9.58. The Labute approximate surface area is 127 Å². The first kappa shape index (κ1) is 15.4. The molecule has 0 bridgehead atoms. The van der Waals surface area contributed by atoms with Gasteiger partial charge in [0.1, 0.15) is 5.82 Å². The summed E-state index contributed by atoms with van der Waals surface area (Å²) in [5.41, 5.74) is 0.0813. The molecule has 0 saturated carbocycles. The molecule has 0 aromatic heterocycles. The number of hydrogen-bond donors (Lipinski definition) is 1. The van der Waals surface area contributed by atoms with E-state index >= 15 is 0 Å². The highest BCUT2D eigenvalue weighted by Gasteiger charge is 2.15. The van der Waals surface area contributed by atoms with E-state index in [0.29, 0.717) is 11.0 Å². The SMILES string of the molecule is CN1CCN(CCNC(=O)c2cccc(Br)c2F)CC1. The molecule has 0 unspecified atom stereocenters. The molecule has 6 heteroatoms. The second kappa shape index (κ2) is 7.15. The number of hydrogen-bond acceptors (Lipinski definition) is 3. The molecule has 1 aliphatic rings. The predicted octanol–water partition coefficient (Wildman–Crippen LogP) is 1.57. The lowest BCUT2D eigenvalue weighted by atomic mass is 10.2. The normalized spacial score (nSPS) is 17.1. The molecule has 1 fully saturated rings. The van der Waals surface area contributed by atoms with Crippen LogP contribution in [-0.4, -0.2) is 62.0 Å². The quantitative estimate of drug-likeness (QED) is 0.901. The maximum Gasteiger partial charge on any atom is 0.254 e. The van der Waals surface area contributed by atoms with Gasteiger partial charge in [-0.3, -0.25) is 9.69 Å². The van der Waals surface area contributed by atoms with Crippen molar-refractivity contribution in [1.82, 2.24) is 15.1 Å². The van der Waals surface area contributed by atoms with Gasteiger partial charge in [0.2, 0.25) is 0 Å². The monoisotopic (exact) mass is 343 g/mol. The summed E-state index contributed by atoms with van der Waals surface area (Å²) in [6.07, 6.45) is 0. The van der Waals surface area contributed by atoms with E-state index in [4.69, 9.17) is 0 Å². The average Bonchev–Trinajstić information content (AvgIpc) is 2.44. The second-order valence-corrected chi connectivity index (χ2v) is 5.86. The molecule has 1 amide bonds. The van der Waals surface area contributed by atoms with Crippen LogP contribution in [0.25, 0.3) is 0 Å². The molecule has 2 rings (SSSR count). The Morgan fingerprint density at radius 1 is 1.35 bits per heavy atom. The molecule has 110 valence electrons. The Balaban J connectivity index is 1.79. The van der Waals surface area contributed by atoms with Crippen molar-refractivity contribution in [3.8, 4) is 0 Å². The van der Waals surface area contributed by atoms with Gasteiger partial charge in [0, 0.05) is 39.3 Å². The summed E-state index contributed by atoms with van der Waals surface area (Å²) in [6.45, 7) is 5.46. The lowest BCUT2D eigenvalue weighted by Crippen LogP contribution is -2.46. The predicted molar refractivity (Wildman–Crippen MR) is 80.4 cm³/mol. The van der Waals surface area contributed by atoms with Crippen molar-refractivity contribution in [3.05, 3.63) is 34.1 Å². The van der Waals surface area contributed by atoms with E-state index < -0.39 is 5.82 Å². The fourth-order valence-corrected chi connectivity index (χ4v) is 2.54. The van der Waals surface area contributed by atoms with Crippen LogP contribution in [0.2, 0.25) is 0 Å². The van der Waals surface area contributed by atoms with Gasteiger partial charge in [-0.05, 0) is 35.1 Å². The first-order valence-electron chi connectivity index (χ1n) is 6.71. The van der Waals surface area contributed by atoms with E-state index in [1.54, 1.807) is 12.1 Å². The Bertz CT molecular complexity index is 475. The number of benzene rings is 1. The van der Waals surface area contributed by atoms with E-state index in [0.717, 1.165) is 32.7 Å². The summed E-state index contributed by atoms with van der Waals surface area (Å²) in [5, 5.41) is 2.77. The number of piperazine rings is 1. The molecule has 0 radical (unpaired) electrons. The van der Waals surface area contributed by atoms with Gasteiger partial charge in [0.15, 0.2) is 0 Å². The molecule has 0 spiro atoms. The number of nitrogens with one attached hydrogen (secondary N) is 1. The molecule has 1 aliphatic heterocycles. The third-order valence-electron chi connectivity index (χ3n) is 3.51. The average molecular weight is 344 g/mol. The highest BCUT2D eigenvalue weighted by atomic mass is 79.9. The fourth-order valence-electron chi connectivity index (χ4n) is 2.17. The standard InChI is InChI=1S/C14H19BrFN3O/c1-18-7-9-19(10-8-18)6-5-17-14(20)11-3-2-4-12(15)13(11)16/h2-4H,5-10H2,1H3,(H,17,20). The minimum absolute atomic E-state index is 0.0813. The minimum atomic E-state index is -0.510. The summed E-state index contributed by atoms with van der Waals surface area (Å²) in [5.74, 6) is -0.873. The molecule has 1 aromatic rings. The van der Waals surface area contributed by atoms with Gasteiger partial charge in [-0.15, -0.1) is 0 Å². The number of rotatable bonds is 4. The van der Waals surface area contributed by atoms with Crippen molar-refractivity contribution in [2.75, 3.05) is 46.3 Å². The number of nitrogens with zero attached hydrogens (tertiary/aromatic N) is 2. The van der Waals surface area contributed by atoms with E-state index in [9.17, 15) is 9.18 Å². The van der Waals surface area contributed by atoms with E-state index in [1.165, 1.54) is 6.07 Å². The van der Waals surface area contributed by atoms with Gasteiger partial charge < -0.3 is 10.2 Å². The van der Waals surface area contributed by atoms with Crippen LogP contribution in [0.3, 0.4) is 0 Å². The summed E-state index contributed by atoms with van der Waals surface area (Å²) < 4.78 is 14.1. The van der Waals surface area contributed by atoms with Gasteiger partial charge >= 0.3 is 0 Å². The molecule has 0 aliphatic carbocycles. The summed E-state index contributed by atoms with van der Waals surface area (Å²) in [7, 11) is 2.11. The highest BCUT2D eigenvalue weighted by molar-refractivity contribution is 9.10. The zero-order valence-electron chi connectivity index (χ0n) is 11.5. The lowest BCUT2D eigenvalue weighted by molar-refractivity contribution is 0.0937. The lowest BCUT2D eigenvalue weighted by Gasteiger charge is -2.32. The molecule has 4 nitrogen and oxygen atoms in total. The van der Waals surface area contributed by atoms with Crippen LogP contribution >= 0.6 is 15.9 Å². The Morgan fingerprint density at radius 2 is 2.05 bits per heavy atom. The maximum atomic E-state index is 13.8. The molecule has 20 heavy (non-hydrogen) atoms. The number of halogens is 2. The van der Waals surface area contributed by atoms with E-state index in [-0.39, 0.29) is 11.5 Å². The van der Waals surface area contributed by atoms with Crippen LogP contribution in [0.5, 0.6) is 0 Å². The zero-order chi connectivity index (χ0) is 14.5. The summed E-state index contributed by atoms with van der Waals surface area (Å²) in [4.78, 5) is 16.5. The molecule has 1 aromatic carbocycles. The summed E-state index contributed by atoms with van der Waals surface area (Å²) >= 11 is 3.08. The van der Waals surface area contributed by atoms with Crippen LogP contribution < -0.4 is 5.32 Å². The van der Waals surface area contributed by atoms with Gasteiger partial charge in [-0.25, -0.2) is 4.39 Å². The van der Waals surface area contributed by atoms with Crippen LogP contribution in [0.4, 0.5) is 4.39 Å². The molecule has 1 saturated heterocycles. The molecule has 1 heterocycles. The molecule has 0 atom stereocenters. The molecular formula is C14H19BrFN3O. The van der Waals surface area contributed by atoms with Crippen LogP contribution in [-0.2, 0) is 0 Å². The van der Waals surface area contributed by atoms with Crippen molar-refractivity contribution in [1.29, 1.82) is 0 Å². The number of amides is 1. The van der Waals surface area contributed by atoms with Gasteiger partial charge in [-0.2, -0.15) is 0 Å². The minimum Gasteiger partial charge on any atom is -0.351 e. The Kier molecular flexibility index (Phi) is 5.51. The zero-order valence-corrected chi connectivity index (χ0v) is 13.1. The fraction of sp³-hybridized carbons (Fsp3) is 0.500. The van der Waals surface area contributed by atoms with E-state index in [2.05, 4.69) is 38.1 Å². The number of carbonyl (C=O) groups is 1. The van der Waals surface area contributed by atoms with Gasteiger partial charge in [-0.1, -0.05) is 6.07 Å². The van der Waals surface area contributed by atoms with Crippen molar-refractivity contribution in [2.45, 2.75) is 0 Å². The second-order valence-electron chi connectivity index (χ2n) is 5.00. The maximum absolute atomic E-state index is 13.8. The molecular weight excluding hydrogens is 325 g/mol. The first-order valence-corrected chi connectivity index (χ1v) is 7.50.